The van der Waals surface area contributed by atoms with Gasteiger partial charge in [-0.2, -0.15) is 0 Å². The summed E-state index contributed by atoms with van der Waals surface area (Å²) in [6.45, 7) is 2.42. The standard InChI is InChI=1S/C11H19O4/c1-2-3-8-11(14)15-9-6-4-5-7-10(12)13/h2-9H2,1H3. The van der Waals surface area contributed by atoms with Crippen molar-refractivity contribution in [3.8, 4) is 0 Å². The van der Waals surface area contributed by atoms with Crippen molar-refractivity contribution in [2.24, 2.45) is 0 Å². The molecule has 0 aromatic rings. The minimum absolute atomic E-state index is 0.0871. The molecule has 0 saturated heterocycles. The third-order valence-corrected chi connectivity index (χ3v) is 2.02. The van der Waals surface area contributed by atoms with Gasteiger partial charge in [0.1, 0.15) is 0 Å². The number of hydrogen-bond acceptors (Lipinski definition) is 3. The van der Waals surface area contributed by atoms with Crippen molar-refractivity contribution < 1.29 is 19.4 Å². The summed E-state index contributed by atoms with van der Waals surface area (Å²) in [4.78, 5) is 21.1. The molecule has 0 aliphatic carbocycles. The van der Waals surface area contributed by atoms with Crippen molar-refractivity contribution in [2.45, 2.75) is 51.9 Å². The number of carbonyl (C=O) groups is 2. The van der Waals surface area contributed by atoms with Gasteiger partial charge in [-0.15, -0.1) is 0 Å². The highest BCUT2D eigenvalue weighted by Crippen LogP contribution is 2.02. The highest BCUT2D eigenvalue weighted by atomic mass is 16.5. The summed E-state index contributed by atoms with van der Waals surface area (Å²) in [6, 6.07) is 0. The molecule has 87 valence electrons. The fourth-order valence-electron chi connectivity index (χ4n) is 1.13. The van der Waals surface area contributed by atoms with E-state index in [9.17, 15) is 14.7 Å². The molecule has 0 aliphatic heterocycles. The lowest BCUT2D eigenvalue weighted by Gasteiger charge is -2.03. The van der Waals surface area contributed by atoms with Gasteiger partial charge in [0, 0.05) is 6.42 Å². The van der Waals surface area contributed by atoms with Gasteiger partial charge in [0.2, 0.25) is 0 Å². The van der Waals surface area contributed by atoms with Gasteiger partial charge >= 0.3 is 11.9 Å². The fourth-order valence-corrected chi connectivity index (χ4v) is 1.13. The molecule has 0 bridgehead atoms. The molecule has 0 N–H and O–H groups in total. The predicted molar refractivity (Wildman–Crippen MR) is 54.6 cm³/mol. The molecule has 0 aromatic heterocycles. The first-order valence-corrected chi connectivity index (χ1v) is 5.52. The van der Waals surface area contributed by atoms with Crippen molar-refractivity contribution in [3.63, 3.8) is 0 Å². The van der Waals surface area contributed by atoms with Crippen LogP contribution in [0.25, 0.3) is 0 Å². The number of carbonyl (C=O) groups excluding carboxylic acids is 2. The monoisotopic (exact) mass is 215 g/mol. The van der Waals surface area contributed by atoms with Crippen LogP contribution < -0.4 is 0 Å². The van der Waals surface area contributed by atoms with Gasteiger partial charge in [0.05, 0.1) is 13.0 Å². The SMILES string of the molecule is CCCCC(=O)OCCCCCC([O])=O. The van der Waals surface area contributed by atoms with E-state index >= 15 is 0 Å². The first-order chi connectivity index (χ1) is 7.16. The van der Waals surface area contributed by atoms with E-state index in [0.717, 1.165) is 25.7 Å². The van der Waals surface area contributed by atoms with E-state index in [-0.39, 0.29) is 12.4 Å². The number of hydrogen-bond donors (Lipinski definition) is 0. The number of unbranched alkanes of at least 4 members (excludes halogenated alkanes) is 3. The van der Waals surface area contributed by atoms with E-state index in [1.807, 2.05) is 6.92 Å². The highest BCUT2D eigenvalue weighted by Gasteiger charge is 2.02. The van der Waals surface area contributed by atoms with Crippen molar-refractivity contribution in [2.75, 3.05) is 6.61 Å². The van der Waals surface area contributed by atoms with Gasteiger partial charge in [-0.3, -0.25) is 4.79 Å². The molecule has 0 amide bonds. The van der Waals surface area contributed by atoms with Crippen LogP contribution in [0.15, 0.2) is 0 Å². The van der Waals surface area contributed by atoms with Crippen LogP contribution in [0.1, 0.15) is 51.9 Å². The van der Waals surface area contributed by atoms with Crippen molar-refractivity contribution >= 4 is 11.9 Å². The Morgan fingerprint density at radius 3 is 2.33 bits per heavy atom. The summed E-state index contributed by atoms with van der Waals surface area (Å²) in [5.41, 5.74) is 0. The Balaban J connectivity index is 3.16. The zero-order valence-corrected chi connectivity index (χ0v) is 9.29. The topological polar surface area (TPSA) is 63.3 Å². The minimum atomic E-state index is -1.02. The third-order valence-electron chi connectivity index (χ3n) is 2.02. The minimum Gasteiger partial charge on any atom is -0.466 e. The first-order valence-electron chi connectivity index (χ1n) is 5.52. The second kappa shape index (κ2) is 9.49. The van der Waals surface area contributed by atoms with Gasteiger partial charge < -0.3 is 4.74 Å². The van der Waals surface area contributed by atoms with Gasteiger partial charge in [-0.1, -0.05) is 13.3 Å². The molecule has 4 nitrogen and oxygen atoms in total. The number of ether oxygens (including phenoxy) is 1. The number of rotatable bonds is 9. The lowest BCUT2D eigenvalue weighted by Crippen LogP contribution is -2.05. The van der Waals surface area contributed by atoms with E-state index in [0.29, 0.717) is 19.4 Å². The molecule has 0 unspecified atom stereocenters. The molecule has 0 aromatic carbocycles. The van der Waals surface area contributed by atoms with Crippen LogP contribution in [0.4, 0.5) is 0 Å². The second-order valence-corrected chi connectivity index (χ2v) is 3.51. The molecule has 0 rings (SSSR count). The summed E-state index contributed by atoms with van der Waals surface area (Å²) in [5.74, 6) is -1.17. The summed E-state index contributed by atoms with van der Waals surface area (Å²) in [7, 11) is 0. The average Bonchev–Trinajstić information content (AvgIpc) is 2.19. The second-order valence-electron chi connectivity index (χ2n) is 3.51. The normalized spacial score (nSPS) is 9.93. The lowest BCUT2D eigenvalue weighted by molar-refractivity contribution is -0.145. The van der Waals surface area contributed by atoms with Crippen molar-refractivity contribution in [1.82, 2.24) is 0 Å². The van der Waals surface area contributed by atoms with Crippen LogP contribution in [0.2, 0.25) is 0 Å². The Kier molecular flexibility index (Phi) is 8.82. The van der Waals surface area contributed by atoms with Gasteiger partial charge in [-0.05, 0) is 25.7 Å². The van der Waals surface area contributed by atoms with E-state index < -0.39 is 5.97 Å². The van der Waals surface area contributed by atoms with Gasteiger partial charge in [0.25, 0.3) is 0 Å². The Labute approximate surface area is 90.6 Å². The molecule has 4 heteroatoms. The molecule has 0 saturated carbocycles. The lowest BCUT2D eigenvalue weighted by atomic mass is 10.2. The Morgan fingerprint density at radius 2 is 1.73 bits per heavy atom. The maximum absolute atomic E-state index is 11.0. The predicted octanol–water partition coefficient (Wildman–Crippen LogP) is 2.24. The van der Waals surface area contributed by atoms with Crippen LogP contribution in [0.5, 0.6) is 0 Å². The quantitative estimate of drug-likeness (QED) is 0.437. The molecule has 0 spiro atoms. The van der Waals surface area contributed by atoms with E-state index in [4.69, 9.17) is 4.74 Å². The molecule has 0 atom stereocenters. The van der Waals surface area contributed by atoms with Crippen molar-refractivity contribution in [3.05, 3.63) is 0 Å². The van der Waals surface area contributed by atoms with E-state index in [1.165, 1.54) is 0 Å². The van der Waals surface area contributed by atoms with Crippen molar-refractivity contribution in [1.29, 1.82) is 0 Å². The zero-order valence-electron chi connectivity index (χ0n) is 9.29. The van der Waals surface area contributed by atoms with Crippen LogP contribution in [0, 0.1) is 0 Å². The average molecular weight is 215 g/mol. The van der Waals surface area contributed by atoms with Crippen LogP contribution >= 0.6 is 0 Å². The molecule has 0 fully saturated rings. The zero-order chi connectivity index (χ0) is 11.5. The fraction of sp³-hybridized carbons (Fsp3) is 0.818. The third kappa shape index (κ3) is 10.9. The van der Waals surface area contributed by atoms with Crippen LogP contribution in [-0.4, -0.2) is 18.5 Å². The highest BCUT2D eigenvalue weighted by molar-refractivity contribution is 5.69. The smallest absolute Gasteiger partial charge is 0.355 e. The summed E-state index contributed by atoms with van der Waals surface area (Å²) in [5, 5.41) is 10.1. The largest absolute Gasteiger partial charge is 0.466 e. The summed E-state index contributed by atoms with van der Waals surface area (Å²) < 4.78 is 4.95. The Hall–Kier alpha value is -1.06. The Bertz CT molecular complexity index is 189. The molecule has 0 aliphatic rings. The molecule has 15 heavy (non-hydrogen) atoms. The van der Waals surface area contributed by atoms with Gasteiger partial charge in [-0.25, -0.2) is 9.90 Å². The van der Waals surface area contributed by atoms with Crippen LogP contribution in [0.3, 0.4) is 0 Å². The molecule has 1 radical (unpaired) electrons. The number of esters is 1. The maximum atomic E-state index is 11.0. The summed E-state index contributed by atoms with van der Waals surface area (Å²) in [6.07, 6.45) is 4.50. The molecule has 0 heterocycles. The first kappa shape index (κ1) is 13.9. The Morgan fingerprint density at radius 1 is 1.00 bits per heavy atom. The molecular weight excluding hydrogens is 196 g/mol. The maximum Gasteiger partial charge on any atom is 0.355 e. The molecular formula is C11H19O4. The van der Waals surface area contributed by atoms with Crippen LogP contribution in [-0.2, 0) is 19.4 Å². The van der Waals surface area contributed by atoms with E-state index in [2.05, 4.69) is 0 Å². The summed E-state index contributed by atoms with van der Waals surface area (Å²) >= 11 is 0. The van der Waals surface area contributed by atoms with E-state index in [1.54, 1.807) is 0 Å². The van der Waals surface area contributed by atoms with Gasteiger partial charge in [0.15, 0.2) is 0 Å².